The van der Waals surface area contributed by atoms with Gasteiger partial charge in [-0.3, -0.25) is 0 Å². The molecule has 0 spiro atoms. The van der Waals surface area contributed by atoms with Gasteiger partial charge in [-0.05, 0) is 6.92 Å². The Bertz CT molecular complexity index is 352. The van der Waals surface area contributed by atoms with Crippen LogP contribution < -0.4 is 0 Å². The third-order valence-corrected chi connectivity index (χ3v) is 4.14. The largest absolute Gasteiger partial charge is 0.394 e. The van der Waals surface area contributed by atoms with Crippen LogP contribution in [-0.2, 0) is 9.47 Å². The van der Waals surface area contributed by atoms with Crippen molar-refractivity contribution in [2.75, 3.05) is 6.61 Å². The van der Waals surface area contributed by atoms with Crippen molar-refractivity contribution in [3.05, 3.63) is 0 Å². The Labute approximate surface area is 121 Å². The molecule has 0 aromatic carbocycles. The van der Waals surface area contributed by atoms with Crippen molar-refractivity contribution in [2.45, 2.75) is 68.0 Å². The highest BCUT2D eigenvalue weighted by Gasteiger charge is 2.53. The quantitative estimate of drug-likeness (QED) is 0.268. The molecule has 2 heterocycles. The lowest BCUT2D eigenvalue weighted by Crippen LogP contribution is -2.68. The van der Waals surface area contributed by atoms with Crippen LogP contribution in [0, 0.1) is 0 Å². The minimum atomic E-state index is -1.60. The van der Waals surface area contributed by atoms with Crippen LogP contribution in [0.1, 0.15) is 6.92 Å². The lowest BCUT2D eigenvalue weighted by molar-refractivity contribution is -0.297. The average Bonchev–Trinajstić information content (AvgIpc) is 2.47. The van der Waals surface area contributed by atoms with Crippen molar-refractivity contribution in [1.82, 2.24) is 0 Å². The summed E-state index contributed by atoms with van der Waals surface area (Å²) in [6, 6.07) is 0. The topological polar surface area (TPSA) is 160 Å². The van der Waals surface area contributed by atoms with Gasteiger partial charge in [-0.2, -0.15) is 0 Å². The summed E-state index contributed by atoms with van der Waals surface area (Å²) in [5.74, 6) is 0. The molecule has 0 radical (unpaired) electrons. The zero-order valence-corrected chi connectivity index (χ0v) is 11.4. The minimum absolute atomic E-state index is 0.606. The minimum Gasteiger partial charge on any atom is -0.394 e. The first-order chi connectivity index (χ1) is 9.79. The van der Waals surface area contributed by atoms with Gasteiger partial charge >= 0.3 is 0 Å². The molecule has 2 fully saturated rings. The summed E-state index contributed by atoms with van der Waals surface area (Å²) in [5.41, 5.74) is 0. The summed E-state index contributed by atoms with van der Waals surface area (Å²) in [7, 11) is 0. The molecular formula is C12H22O9. The van der Waals surface area contributed by atoms with Gasteiger partial charge in [-0.15, -0.1) is 0 Å². The third kappa shape index (κ3) is 2.93. The van der Waals surface area contributed by atoms with E-state index in [1.807, 2.05) is 0 Å². The van der Waals surface area contributed by atoms with E-state index in [4.69, 9.17) is 14.6 Å². The SMILES string of the molecule is C[C@H]1OC(C2O[C@H](CO)[C@H](O)[C@H](O)[C@H]2O)[C@H](O)[C@@H](O)[C@H]1O. The van der Waals surface area contributed by atoms with Crippen LogP contribution in [0.2, 0.25) is 0 Å². The molecule has 0 saturated carbocycles. The Morgan fingerprint density at radius 1 is 0.667 bits per heavy atom. The van der Waals surface area contributed by atoms with Crippen LogP contribution in [0.15, 0.2) is 0 Å². The highest BCUT2D eigenvalue weighted by atomic mass is 16.6. The van der Waals surface area contributed by atoms with Gasteiger partial charge in [0.2, 0.25) is 0 Å². The summed E-state index contributed by atoms with van der Waals surface area (Å²) in [4.78, 5) is 0. The predicted molar refractivity (Wildman–Crippen MR) is 66.1 cm³/mol. The fourth-order valence-electron chi connectivity index (χ4n) is 2.76. The van der Waals surface area contributed by atoms with Crippen molar-refractivity contribution in [1.29, 1.82) is 0 Å². The molecule has 2 aliphatic rings. The van der Waals surface area contributed by atoms with Crippen LogP contribution in [0.4, 0.5) is 0 Å². The van der Waals surface area contributed by atoms with Crippen LogP contribution >= 0.6 is 0 Å². The summed E-state index contributed by atoms with van der Waals surface area (Å²) >= 11 is 0. The number of aliphatic hydroxyl groups excluding tert-OH is 7. The van der Waals surface area contributed by atoms with E-state index in [-0.39, 0.29) is 0 Å². The molecule has 2 unspecified atom stereocenters. The molecule has 7 N–H and O–H groups in total. The van der Waals surface area contributed by atoms with Gasteiger partial charge in [-0.1, -0.05) is 0 Å². The van der Waals surface area contributed by atoms with Crippen molar-refractivity contribution in [2.24, 2.45) is 0 Å². The molecule has 124 valence electrons. The second-order valence-electron chi connectivity index (χ2n) is 5.57. The lowest BCUT2D eigenvalue weighted by atomic mass is 9.86. The van der Waals surface area contributed by atoms with E-state index in [1.165, 1.54) is 6.92 Å². The van der Waals surface area contributed by atoms with E-state index in [0.717, 1.165) is 0 Å². The summed E-state index contributed by atoms with van der Waals surface area (Å²) in [6.45, 7) is 0.863. The van der Waals surface area contributed by atoms with E-state index in [0.29, 0.717) is 0 Å². The molecule has 2 aliphatic heterocycles. The number of hydrogen-bond acceptors (Lipinski definition) is 9. The Morgan fingerprint density at radius 2 is 1.14 bits per heavy atom. The van der Waals surface area contributed by atoms with Crippen LogP contribution in [-0.4, -0.2) is 103 Å². The van der Waals surface area contributed by atoms with E-state index in [1.54, 1.807) is 0 Å². The molecule has 2 saturated heterocycles. The normalized spacial score (nSPS) is 55.4. The first-order valence-electron chi connectivity index (χ1n) is 6.79. The Morgan fingerprint density at radius 3 is 1.67 bits per heavy atom. The zero-order valence-electron chi connectivity index (χ0n) is 11.4. The first-order valence-corrected chi connectivity index (χ1v) is 6.79. The third-order valence-electron chi connectivity index (χ3n) is 4.14. The fourth-order valence-corrected chi connectivity index (χ4v) is 2.76. The number of hydrogen-bond donors (Lipinski definition) is 7. The van der Waals surface area contributed by atoms with Crippen LogP contribution in [0.25, 0.3) is 0 Å². The first kappa shape index (κ1) is 17.0. The molecule has 0 bridgehead atoms. The molecular weight excluding hydrogens is 288 g/mol. The smallest absolute Gasteiger partial charge is 0.115 e. The van der Waals surface area contributed by atoms with E-state index >= 15 is 0 Å². The van der Waals surface area contributed by atoms with Gasteiger partial charge in [0.15, 0.2) is 0 Å². The summed E-state index contributed by atoms with van der Waals surface area (Å²) in [6.07, 6.45) is -13.6. The predicted octanol–water partition coefficient (Wildman–Crippen LogP) is -4.30. The highest BCUT2D eigenvalue weighted by molar-refractivity contribution is 5.01. The van der Waals surface area contributed by atoms with E-state index in [9.17, 15) is 30.6 Å². The summed E-state index contributed by atoms with van der Waals surface area (Å²) in [5, 5.41) is 67.9. The maximum absolute atomic E-state index is 9.98. The van der Waals surface area contributed by atoms with Crippen molar-refractivity contribution < 1.29 is 45.2 Å². The second-order valence-corrected chi connectivity index (χ2v) is 5.57. The maximum Gasteiger partial charge on any atom is 0.115 e. The van der Waals surface area contributed by atoms with Crippen LogP contribution in [0.3, 0.4) is 0 Å². The molecule has 0 aliphatic carbocycles. The van der Waals surface area contributed by atoms with Crippen LogP contribution in [0.5, 0.6) is 0 Å². The molecule has 21 heavy (non-hydrogen) atoms. The van der Waals surface area contributed by atoms with Gasteiger partial charge in [-0.25, -0.2) is 0 Å². The highest BCUT2D eigenvalue weighted by Crippen LogP contribution is 2.31. The van der Waals surface area contributed by atoms with E-state index in [2.05, 4.69) is 0 Å². The molecule has 9 nitrogen and oxygen atoms in total. The molecule has 0 amide bonds. The Balaban J connectivity index is 2.19. The number of ether oxygens (including phenoxy) is 2. The Kier molecular flexibility index (Phi) is 5.19. The standard InChI is InChI=1S/C12H22O9/c1-3-5(14)7(16)9(18)11(20-3)12-10(19)8(17)6(15)4(2-13)21-12/h3-19H,2H2,1H3/t3-,4-,5+,6+,7+,8+,9-,10-,11?,12?/m1/s1. The average molecular weight is 310 g/mol. The maximum atomic E-state index is 9.98. The lowest BCUT2D eigenvalue weighted by Gasteiger charge is -2.48. The molecule has 0 aromatic rings. The molecule has 9 heteroatoms. The van der Waals surface area contributed by atoms with Crippen molar-refractivity contribution in [3.8, 4) is 0 Å². The fraction of sp³-hybridized carbons (Fsp3) is 1.00. The van der Waals surface area contributed by atoms with Gasteiger partial charge < -0.3 is 45.2 Å². The van der Waals surface area contributed by atoms with Crippen molar-refractivity contribution in [3.63, 3.8) is 0 Å². The molecule has 2 rings (SSSR count). The monoisotopic (exact) mass is 310 g/mol. The molecule has 10 atom stereocenters. The summed E-state index contributed by atoms with van der Waals surface area (Å²) < 4.78 is 10.6. The van der Waals surface area contributed by atoms with E-state index < -0.39 is 67.6 Å². The van der Waals surface area contributed by atoms with Gasteiger partial charge in [0, 0.05) is 0 Å². The second kappa shape index (κ2) is 6.41. The number of rotatable bonds is 2. The molecule has 0 aromatic heterocycles. The van der Waals surface area contributed by atoms with Crippen molar-refractivity contribution >= 4 is 0 Å². The zero-order chi connectivity index (χ0) is 15.9. The Hall–Kier alpha value is -0.360. The van der Waals surface area contributed by atoms with Gasteiger partial charge in [0.1, 0.15) is 54.9 Å². The van der Waals surface area contributed by atoms with Gasteiger partial charge in [0.25, 0.3) is 0 Å². The number of aliphatic hydroxyl groups is 7. The van der Waals surface area contributed by atoms with Gasteiger partial charge in [0.05, 0.1) is 12.7 Å².